The first-order valence-corrected chi connectivity index (χ1v) is 8.65. The third-order valence-corrected chi connectivity index (χ3v) is 3.58. The van der Waals surface area contributed by atoms with Gasteiger partial charge in [-0.05, 0) is 38.1 Å². The van der Waals surface area contributed by atoms with Crippen LogP contribution in [0.25, 0.3) is 0 Å². The SMILES string of the molecule is CCNC(=NCC(C)Oc1ccccc1)Nc1ccc(OC)c(OC)c1.I. The van der Waals surface area contributed by atoms with E-state index in [-0.39, 0.29) is 30.1 Å². The molecule has 2 rings (SSSR count). The Kier molecular flexibility index (Phi) is 10.4. The summed E-state index contributed by atoms with van der Waals surface area (Å²) in [6.45, 7) is 5.30. The minimum atomic E-state index is -0.0433. The Labute approximate surface area is 178 Å². The normalized spacial score (nSPS) is 11.8. The van der Waals surface area contributed by atoms with Crippen molar-refractivity contribution in [2.24, 2.45) is 4.99 Å². The number of nitrogens with one attached hydrogen (secondary N) is 2. The Morgan fingerprint density at radius 1 is 1.04 bits per heavy atom. The molecule has 0 amide bonds. The summed E-state index contributed by atoms with van der Waals surface area (Å²) in [5.74, 6) is 2.87. The Bertz CT molecular complexity index is 711. The average molecular weight is 485 g/mol. The van der Waals surface area contributed by atoms with Gasteiger partial charge in [-0.25, -0.2) is 4.99 Å². The van der Waals surface area contributed by atoms with Crippen LogP contribution < -0.4 is 24.8 Å². The smallest absolute Gasteiger partial charge is 0.195 e. The molecule has 7 heteroatoms. The zero-order chi connectivity index (χ0) is 18.8. The number of anilines is 1. The van der Waals surface area contributed by atoms with E-state index < -0.39 is 0 Å². The van der Waals surface area contributed by atoms with Crippen molar-refractivity contribution < 1.29 is 14.2 Å². The molecule has 0 aliphatic rings. The lowest BCUT2D eigenvalue weighted by molar-refractivity contribution is 0.230. The van der Waals surface area contributed by atoms with Crippen molar-refractivity contribution in [2.75, 3.05) is 32.6 Å². The summed E-state index contributed by atoms with van der Waals surface area (Å²) in [5, 5.41) is 6.50. The summed E-state index contributed by atoms with van der Waals surface area (Å²) in [6.07, 6.45) is -0.0433. The Balaban J connectivity index is 0.00000364. The van der Waals surface area contributed by atoms with E-state index in [0.717, 1.165) is 18.0 Å². The van der Waals surface area contributed by atoms with Crippen LogP contribution in [-0.2, 0) is 0 Å². The summed E-state index contributed by atoms with van der Waals surface area (Å²) >= 11 is 0. The van der Waals surface area contributed by atoms with E-state index in [9.17, 15) is 0 Å². The van der Waals surface area contributed by atoms with Crippen LogP contribution in [0.1, 0.15) is 13.8 Å². The van der Waals surface area contributed by atoms with Crippen LogP contribution in [0.4, 0.5) is 5.69 Å². The third kappa shape index (κ3) is 7.54. The molecule has 0 saturated carbocycles. The molecule has 0 heterocycles. The number of halogens is 1. The Morgan fingerprint density at radius 2 is 1.74 bits per heavy atom. The monoisotopic (exact) mass is 485 g/mol. The van der Waals surface area contributed by atoms with Gasteiger partial charge >= 0.3 is 0 Å². The van der Waals surface area contributed by atoms with Gasteiger partial charge in [0.25, 0.3) is 0 Å². The minimum Gasteiger partial charge on any atom is -0.493 e. The summed E-state index contributed by atoms with van der Waals surface area (Å²) in [6, 6.07) is 15.4. The van der Waals surface area contributed by atoms with Gasteiger partial charge in [-0.15, -0.1) is 24.0 Å². The number of hydrogen-bond acceptors (Lipinski definition) is 4. The molecule has 0 aliphatic heterocycles. The topological polar surface area (TPSA) is 64.1 Å². The number of rotatable bonds is 8. The fourth-order valence-electron chi connectivity index (χ4n) is 2.35. The quantitative estimate of drug-likeness (QED) is 0.334. The van der Waals surface area contributed by atoms with Crippen LogP contribution in [0.3, 0.4) is 0 Å². The first kappa shape index (κ1) is 22.9. The van der Waals surface area contributed by atoms with Crippen LogP contribution in [0.5, 0.6) is 17.2 Å². The number of benzene rings is 2. The van der Waals surface area contributed by atoms with Gasteiger partial charge in [0.15, 0.2) is 17.5 Å². The molecule has 0 spiro atoms. The maximum atomic E-state index is 5.86. The van der Waals surface area contributed by atoms with E-state index in [2.05, 4.69) is 15.6 Å². The molecule has 6 nitrogen and oxygen atoms in total. The molecule has 0 fully saturated rings. The number of hydrogen-bond donors (Lipinski definition) is 2. The molecular weight excluding hydrogens is 457 g/mol. The molecule has 27 heavy (non-hydrogen) atoms. The fraction of sp³-hybridized carbons (Fsp3) is 0.350. The van der Waals surface area contributed by atoms with Crippen molar-refractivity contribution in [2.45, 2.75) is 20.0 Å². The van der Waals surface area contributed by atoms with Crippen LogP contribution in [0, 0.1) is 0 Å². The second-order valence-electron chi connectivity index (χ2n) is 5.66. The fourth-order valence-corrected chi connectivity index (χ4v) is 2.35. The molecule has 0 bridgehead atoms. The highest BCUT2D eigenvalue weighted by Gasteiger charge is 2.08. The Hall–Kier alpha value is -2.16. The third-order valence-electron chi connectivity index (χ3n) is 3.58. The van der Waals surface area contributed by atoms with Crippen LogP contribution in [-0.4, -0.2) is 39.4 Å². The first-order valence-electron chi connectivity index (χ1n) is 8.65. The van der Waals surface area contributed by atoms with E-state index in [0.29, 0.717) is 24.0 Å². The van der Waals surface area contributed by atoms with Gasteiger partial charge in [0.2, 0.25) is 0 Å². The number of ether oxygens (including phenoxy) is 3. The summed E-state index contributed by atoms with van der Waals surface area (Å²) in [7, 11) is 3.23. The largest absolute Gasteiger partial charge is 0.493 e. The molecule has 1 unspecified atom stereocenters. The predicted octanol–water partition coefficient (Wildman–Crippen LogP) is 4.17. The van der Waals surface area contributed by atoms with Crippen molar-refractivity contribution in [3.63, 3.8) is 0 Å². The van der Waals surface area contributed by atoms with Crippen LogP contribution in [0.2, 0.25) is 0 Å². The summed E-state index contributed by atoms with van der Waals surface area (Å²) < 4.78 is 16.5. The van der Waals surface area contributed by atoms with Gasteiger partial charge in [-0.1, -0.05) is 18.2 Å². The second kappa shape index (κ2) is 12.3. The number of para-hydroxylation sites is 1. The minimum absolute atomic E-state index is 0. The molecule has 1 atom stereocenters. The zero-order valence-electron chi connectivity index (χ0n) is 16.2. The van der Waals surface area contributed by atoms with Gasteiger partial charge < -0.3 is 24.8 Å². The lowest BCUT2D eigenvalue weighted by Crippen LogP contribution is -2.32. The van der Waals surface area contributed by atoms with Gasteiger partial charge in [0, 0.05) is 18.3 Å². The molecule has 2 aromatic carbocycles. The number of methoxy groups -OCH3 is 2. The average Bonchev–Trinajstić information content (AvgIpc) is 2.67. The van der Waals surface area contributed by atoms with E-state index in [1.807, 2.05) is 62.4 Å². The molecule has 0 aromatic heterocycles. The highest BCUT2D eigenvalue weighted by atomic mass is 127. The molecule has 2 aromatic rings. The first-order chi connectivity index (χ1) is 12.7. The molecule has 0 saturated heterocycles. The standard InChI is InChI=1S/C20H27N3O3.HI/c1-5-21-20(22-14-15(2)26-17-9-7-6-8-10-17)23-16-11-12-18(24-3)19(13-16)25-4;/h6-13,15H,5,14H2,1-4H3,(H2,21,22,23);1H. The van der Waals surface area contributed by atoms with Crippen molar-refractivity contribution in [1.82, 2.24) is 5.32 Å². The van der Waals surface area contributed by atoms with Crippen molar-refractivity contribution in [3.05, 3.63) is 48.5 Å². The van der Waals surface area contributed by atoms with E-state index in [4.69, 9.17) is 14.2 Å². The number of nitrogens with zero attached hydrogens (tertiary/aromatic N) is 1. The van der Waals surface area contributed by atoms with Crippen molar-refractivity contribution in [3.8, 4) is 17.2 Å². The van der Waals surface area contributed by atoms with Crippen molar-refractivity contribution in [1.29, 1.82) is 0 Å². The highest BCUT2D eigenvalue weighted by Crippen LogP contribution is 2.29. The predicted molar refractivity (Wildman–Crippen MR) is 121 cm³/mol. The lowest BCUT2D eigenvalue weighted by Gasteiger charge is -2.16. The number of aliphatic imine (C=N–C) groups is 1. The number of guanidine groups is 1. The van der Waals surface area contributed by atoms with Crippen molar-refractivity contribution >= 4 is 35.6 Å². The van der Waals surface area contributed by atoms with Gasteiger partial charge in [0.1, 0.15) is 11.9 Å². The highest BCUT2D eigenvalue weighted by molar-refractivity contribution is 14.0. The van der Waals surface area contributed by atoms with E-state index >= 15 is 0 Å². The maximum Gasteiger partial charge on any atom is 0.195 e. The molecule has 0 radical (unpaired) electrons. The van der Waals surface area contributed by atoms with E-state index in [1.54, 1.807) is 14.2 Å². The maximum absolute atomic E-state index is 5.86. The molecule has 148 valence electrons. The van der Waals surface area contributed by atoms with E-state index in [1.165, 1.54) is 0 Å². The zero-order valence-corrected chi connectivity index (χ0v) is 18.5. The molecule has 2 N–H and O–H groups in total. The van der Waals surface area contributed by atoms with Crippen LogP contribution in [0.15, 0.2) is 53.5 Å². The van der Waals surface area contributed by atoms with Gasteiger partial charge in [-0.2, -0.15) is 0 Å². The molecule has 0 aliphatic carbocycles. The molecular formula is C20H28IN3O3. The second-order valence-corrected chi connectivity index (χ2v) is 5.66. The Morgan fingerprint density at radius 3 is 2.37 bits per heavy atom. The van der Waals surface area contributed by atoms with Crippen LogP contribution >= 0.6 is 24.0 Å². The summed E-state index contributed by atoms with van der Waals surface area (Å²) in [4.78, 5) is 4.60. The summed E-state index contributed by atoms with van der Waals surface area (Å²) in [5.41, 5.74) is 0.860. The van der Waals surface area contributed by atoms with Gasteiger partial charge in [-0.3, -0.25) is 0 Å². The lowest BCUT2D eigenvalue weighted by atomic mass is 10.2. The van der Waals surface area contributed by atoms with Gasteiger partial charge in [0.05, 0.1) is 20.8 Å².